The predicted molar refractivity (Wildman–Crippen MR) is 158 cm³/mol. The molecule has 0 N–H and O–H groups in total. The van der Waals surface area contributed by atoms with Gasteiger partial charge in [-0.05, 0) is 85.1 Å². The molecule has 0 amide bonds. The van der Waals surface area contributed by atoms with Gasteiger partial charge >= 0.3 is 0 Å². The highest BCUT2D eigenvalue weighted by molar-refractivity contribution is 5.70. The zero-order valence-corrected chi connectivity index (χ0v) is 22.7. The van der Waals surface area contributed by atoms with E-state index in [1.807, 2.05) is 37.3 Å². The normalized spacial score (nSPS) is 19.0. The lowest BCUT2D eigenvalue weighted by atomic mass is 9.76. The Bertz CT molecular complexity index is 1130. The molecule has 4 rings (SSSR count). The summed E-state index contributed by atoms with van der Waals surface area (Å²) in [4.78, 5) is 0. The smallest absolute Gasteiger partial charge is 0.130 e. The molecule has 0 radical (unpaired) electrons. The highest BCUT2D eigenvalue weighted by Gasteiger charge is 2.23. The van der Waals surface area contributed by atoms with Gasteiger partial charge in [-0.15, -0.1) is 0 Å². The van der Waals surface area contributed by atoms with Gasteiger partial charge in [-0.2, -0.15) is 0 Å². The van der Waals surface area contributed by atoms with Crippen molar-refractivity contribution >= 4 is 12.2 Å². The van der Waals surface area contributed by atoms with Gasteiger partial charge in [0.05, 0.1) is 0 Å². The molecular weight excluding hydrogens is 451 g/mol. The van der Waals surface area contributed by atoms with E-state index < -0.39 is 0 Å². The molecular formula is C36H43F. The molecule has 1 fully saturated rings. The summed E-state index contributed by atoms with van der Waals surface area (Å²) in [5, 5.41) is 0. The molecule has 1 heteroatoms. The van der Waals surface area contributed by atoms with Crippen molar-refractivity contribution in [3.8, 4) is 0 Å². The van der Waals surface area contributed by atoms with Gasteiger partial charge in [0.15, 0.2) is 0 Å². The van der Waals surface area contributed by atoms with Crippen LogP contribution in [0.15, 0.2) is 84.9 Å². The second-order valence-electron chi connectivity index (χ2n) is 11.0. The second kappa shape index (κ2) is 14.1. The summed E-state index contributed by atoms with van der Waals surface area (Å²) in [5.74, 6) is 2.28. The minimum atomic E-state index is -0.143. The number of halogens is 1. The molecule has 0 saturated heterocycles. The minimum absolute atomic E-state index is 0.143. The quantitative estimate of drug-likeness (QED) is 0.184. The summed E-state index contributed by atoms with van der Waals surface area (Å²) in [7, 11) is 0. The monoisotopic (exact) mass is 494 g/mol. The molecule has 0 bridgehead atoms. The number of hydrogen-bond donors (Lipinski definition) is 0. The Balaban J connectivity index is 1.20. The first-order chi connectivity index (χ1) is 18.1. The van der Waals surface area contributed by atoms with Gasteiger partial charge in [0.2, 0.25) is 0 Å². The topological polar surface area (TPSA) is 0 Å². The van der Waals surface area contributed by atoms with E-state index in [4.69, 9.17) is 0 Å². The zero-order chi connectivity index (χ0) is 25.9. The molecule has 1 atom stereocenters. The maximum Gasteiger partial charge on any atom is 0.130 e. The summed E-state index contributed by atoms with van der Waals surface area (Å²) in [5.41, 5.74) is 5.71. The van der Waals surface area contributed by atoms with E-state index in [9.17, 15) is 4.39 Å². The number of allylic oxidation sites excluding steroid dienone is 2. The van der Waals surface area contributed by atoms with E-state index in [-0.39, 0.29) is 5.82 Å². The van der Waals surface area contributed by atoms with Crippen LogP contribution in [0.2, 0.25) is 0 Å². The van der Waals surface area contributed by atoms with Crippen molar-refractivity contribution < 1.29 is 4.39 Å². The predicted octanol–water partition coefficient (Wildman–Crippen LogP) is 10.4. The zero-order valence-electron chi connectivity index (χ0n) is 22.7. The van der Waals surface area contributed by atoms with Crippen molar-refractivity contribution in [3.63, 3.8) is 0 Å². The fourth-order valence-corrected chi connectivity index (χ4v) is 5.80. The Hall–Kier alpha value is -2.93. The van der Waals surface area contributed by atoms with Gasteiger partial charge in [-0.1, -0.05) is 124 Å². The molecule has 0 unspecified atom stereocenters. The van der Waals surface area contributed by atoms with Crippen LogP contribution in [0.25, 0.3) is 12.2 Å². The molecule has 1 aliphatic rings. The van der Waals surface area contributed by atoms with Crippen molar-refractivity contribution in [3.05, 3.63) is 119 Å². The fraction of sp³-hybridized carbons (Fsp3) is 0.389. The third kappa shape index (κ3) is 8.56. The first kappa shape index (κ1) is 27.1. The highest BCUT2D eigenvalue weighted by Crippen LogP contribution is 2.37. The summed E-state index contributed by atoms with van der Waals surface area (Å²) in [6.07, 6.45) is 19.2. The van der Waals surface area contributed by atoms with Crippen LogP contribution in [0, 0.1) is 17.7 Å². The minimum Gasteiger partial charge on any atom is -0.206 e. The first-order valence-corrected chi connectivity index (χ1v) is 14.3. The van der Waals surface area contributed by atoms with E-state index in [0.717, 1.165) is 42.2 Å². The summed E-state index contributed by atoms with van der Waals surface area (Å²) >= 11 is 0. The molecule has 3 aromatic rings. The number of rotatable bonds is 11. The standard InChI is InChI=1S/C36H43F/c1-3-4-6-9-32-23-25-35(36(37)27-32)24-22-31-16-14-29(15-17-31)12-13-30-18-20-33(21-19-30)26-28(2)34-10-7-5-8-11-34/h3-5,7-8,10-11,14-17,22-25,27-28,30,33H,6,9,12-13,18-21,26H2,1-2H3/t28-,30?,33?/m0/s1. The van der Waals surface area contributed by atoms with Crippen molar-refractivity contribution in [1.82, 2.24) is 0 Å². The first-order valence-electron chi connectivity index (χ1n) is 14.3. The lowest BCUT2D eigenvalue weighted by Crippen LogP contribution is -2.16. The second-order valence-corrected chi connectivity index (χ2v) is 11.0. The van der Waals surface area contributed by atoms with E-state index in [1.165, 1.54) is 49.7 Å². The number of benzene rings is 3. The van der Waals surface area contributed by atoms with Crippen molar-refractivity contribution in [2.24, 2.45) is 11.8 Å². The van der Waals surface area contributed by atoms with Crippen LogP contribution < -0.4 is 0 Å². The average Bonchev–Trinajstić information content (AvgIpc) is 2.93. The van der Waals surface area contributed by atoms with E-state index in [0.29, 0.717) is 11.5 Å². The van der Waals surface area contributed by atoms with Crippen molar-refractivity contribution in [1.29, 1.82) is 0 Å². The maximum atomic E-state index is 14.5. The molecule has 37 heavy (non-hydrogen) atoms. The van der Waals surface area contributed by atoms with Crippen LogP contribution in [0.1, 0.15) is 92.5 Å². The van der Waals surface area contributed by atoms with Crippen molar-refractivity contribution in [2.45, 2.75) is 77.6 Å². The fourth-order valence-electron chi connectivity index (χ4n) is 5.80. The average molecular weight is 495 g/mol. The molecule has 1 aliphatic carbocycles. The lowest BCUT2D eigenvalue weighted by Gasteiger charge is -2.30. The summed E-state index contributed by atoms with van der Waals surface area (Å²) in [6.45, 7) is 4.40. The van der Waals surface area contributed by atoms with Crippen molar-refractivity contribution in [2.75, 3.05) is 0 Å². The van der Waals surface area contributed by atoms with E-state index in [1.54, 1.807) is 6.07 Å². The van der Waals surface area contributed by atoms with Crippen LogP contribution in [-0.4, -0.2) is 0 Å². The van der Waals surface area contributed by atoms with Crippen LogP contribution in [-0.2, 0) is 12.8 Å². The molecule has 0 heterocycles. The summed E-state index contributed by atoms with van der Waals surface area (Å²) in [6, 6.07) is 25.4. The molecule has 1 saturated carbocycles. The van der Waals surface area contributed by atoms with Crippen LogP contribution in [0.5, 0.6) is 0 Å². The van der Waals surface area contributed by atoms with Gasteiger partial charge in [0.25, 0.3) is 0 Å². The van der Waals surface area contributed by atoms with E-state index in [2.05, 4.69) is 67.6 Å². The Labute approximate surface area is 224 Å². The van der Waals surface area contributed by atoms with Crippen LogP contribution in [0.3, 0.4) is 0 Å². The molecule has 0 aromatic heterocycles. The molecule has 194 valence electrons. The number of hydrogen-bond acceptors (Lipinski definition) is 0. The maximum absolute atomic E-state index is 14.5. The summed E-state index contributed by atoms with van der Waals surface area (Å²) < 4.78 is 14.5. The molecule has 3 aromatic carbocycles. The number of aryl methyl sites for hydroxylation is 2. The Kier molecular flexibility index (Phi) is 10.4. The van der Waals surface area contributed by atoms with Crippen LogP contribution >= 0.6 is 0 Å². The molecule has 0 spiro atoms. The SMILES string of the molecule is CC=CCCc1ccc(C=Cc2ccc(CCC3CCC(C[C@H](C)c4ccccc4)CC3)cc2)c(F)c1. The van der Waals surface area contributed by atoms with Gasteiger partial charge < -0.3 is 0 Å². The highest BCUT2D eigenvalue weighted by atomic mass is 19.1. The van der Waals surface area contributed by atoms with E-state index >= 15 is 0 Å². The Morgan fingerprint density at radius 1 is 0.811 bits per heavy atom. The molecule has 0 aliphatic heterocycles. The Morgan fingerprint density at radius 3 is 2.22 bits per heavy atom. The van der Waals surface area contributed by atoms with Gasteiger partial charge in [-0.25, -0.2) is 4.39 Å². The van der Waals surface area contributed by atoms with Gasteiger partial charge in [0, 0.05) is 5.56 Å². The Morgan fingerprint density at radius 2 is 1.51 bits per heavy atom. The third-order valence-electron chi connectivity index (χ3n) is 8.20. The van der Waals surface area contributed by atoms with Gasteiger partial charge in [-0.3, -0.25) is 0 Å². The van der Waals surface area contributed by atoms with Crippen LogP contribution in [0.4, 0.5) is 4.39 Å². The largest absolute Gasteiger partial charge is 0.206 e. The van der Waals surface area contributed by atoms with Gasteiger partial charge in [0.1, 0.15) is 5.82 Å². The third-order valence-corrected chi connectivity index (χ3v) is 8.20. The molecule has 0 nitrogen and oxygen atoms in total. The lowest BCUT2D eigenvalue weighted by molar-refractivity contribution is 0.245.